The van der Waals surface area contributed by atoms with Gasteiger partial charge in [-0.15, -0.1) is 10.2 Å². The highest BCUT2D eigenvalue weighted by Gasteiger charge is 2.11. The highest BCUT2D eigenvalue weighted by molar-refractivity contribution is 5.65. The Bertz CT molecular complexity index is 515. The molecular weight excluding hydrogens is 222 g/mol. The molecule has 0 bridgehead atoms. The number of rotatable bonds is 3. The van der Waals surface area contributed by atoms with Gasteiger partial charge >= 0.3 is 0 Å². The maximum absolute atomic E-state index is 5.47. The van der Waals surface area contributed by atoms with E-state index in [1.807, 2.05) is 0 Å². The normalized spacial score (nSPS) is 10.0. The van der Waals surface area contributed by atoms with E-state index in [-0.39, 0.29) is 0 Å². The summed E-state index contributed by atoms with van der Waals surface area (Å²) in [4.78, 5) is 8.10. The van der Waals surface area contributed by atoms with Crippen LogP contribution in [0.2, 0.25) is 0 Å². The average molecular weight is 233 g/mol. The Morgan fingerprint density at radius 1 is 1.06 bits per heavy atom. The summed E-state index contributed by atoms with van der Waals surface area (Å²) >= 11 is 0. The summed E-state index contributed by atoms with van der Waals surface area (Å²) in [5.41, 5.74) is 6.71. The lowest BCUT2D eigenvalue weighted by molar-refractivity contribution is 0.369. The van der Waals surface area contributed by atoms with Crippen LogP contribution in [-0.2, 0) is 0 Å². The fraction of sp³-hybridized carbons (Fsp3) is 0.200. The highest BCUT2D eigenvalue weighted by atomic mass is 16.5. The summed E-state index contributed by atoms with van der Waals surface area (Å²) in [5.74, 6) is 1.07. The molecular formula is C10H11N5O2. The molecule has 7 nitrogen and oxygen atoms in total. The van der Waals surface area contributed by atoms with Crippen LogP contribution in [0.15, 0.2) is 18.5 Å². The molecule has 0 radical (unpaired) electrons. The van der Waals surface area contributed by atoms with Crippen LogP contribution in [0.5, 0.6) is 11.8 Å². The minimum Gasteiger partial charge on any atom is -0.480 e. The van der Waals surface area contributed by atoms with Crippen molar-refractivity contribution in [2.24, 2.45) is 0 Å². The van der Waals surface area contributed by atoms with E-state index in [9.17, 15) is 0 Å². The van der Waals surface area contributed by atoms with Crippen molar-refractivity contribution in [1.82, 2.24) is 20.2 Å². The second-order valence-electron chi connectivity index (χ2n) is 3.14. The van der Waals surface area contributed by atoms with Gasteiger partial charge in [0.05, 0.1) is 37.9 Å². The average Bonchev–Trinajstić information content (AvgIpc) is 2.39. The first kappa shape index (κ1) is 11.1. The summed E-state index contributed by atoms with van der Waals surface area (Å²) < 4.78 is 10.1. The lowest BCUT2D eigenvalue weighted by Crippen LogP contribution is -1.99. The van der Waals surface area contributed by atoms with Crippen molar-refractivity contribution < 1.29 is 9.47 Å². The van der Waals surface area contributed by atoms with Gasteiger partial charge in [-0.05, 0) is 0 Å². The van der Waals surface area contributed by atoms with Crippen molar-refractivity contribution in [3.63, 3.8) is 0 Å². The minimum atomic E-state index is 0.349. The first-order chi connectivity index (χ1) is 8.24. The monoisotopic (exact) mass is 233 g/mol. The van der Waals surface area contributed by atoms with E-state index >= 15 is 0 Å². The maximum Gasteiger partial charge on any atom is 0.243 e. The van der Waals surface area contributed by atoms with Crippen LogP contribution in [0.25, 0.3) is 11.3 Å². The third-order valence-corrected chi connectivity index (χ3v) is 2.09. The van der Waals surface area contributed by atoms with Crippen LogP contribution in [0.1, 0.15) is 0 Å². The van der Waals surface area contributed by atoms with E-state index in [4.69, 9.17) is 15.2 Å². The minimum absolute atomic E-state index is 0.349. The van der Waals surface area contributed by atoms with Gasteiger partial charge in [0.15, 0.2) is 0 Å². The standard InChI is InChI=1S/C10H11N5O2/c1-16-9-3-6(10(17-2)15-14-9)7-4-13-8(11)5-12-7/h3-5H,1-2H3,(H2,11,13). The molecule has 0 aliphatic heterocycles. The van der Waals surface area contributed by atoms with Gasteiger partial charge in [-0.25, -0.2) is 4.98 Å². The fourth-order valence-electron chi connectivity index (χ4n) is 1.27. The number of anilines is 1. The van der Waals surface area contributed by atoms with Crippen molar-refractivity contribution in [3.8, 4) is 23.0 Å². The first-order valence-corrected chi connectivity index (χ1v) is 4.78. The van der Waals surface area contributed by atoms with E-state index in [1.165, 1.54) is 26.6 Å². The Morgan fingerprint density at radius 2 is 1.88 bits per heavy atom. The Morgan fingerprint density at radius 3 is 2.47 bits per heavy atom. The van der Waals surface area contributed by atoms with Gasteiger partial charge in [-0.2, -0.15) is 0 Å². The zero-order valence-electron chi connectivity index (χ0n) is 9.41. The van der Waals surface area contributed by atoms with Gasteiger partial charge < -0.3 is 15.2 Å². The molecule has 2 aromatic rings. The highest BCUT2D eigenvalue weighted by Crippen LogP contribution is 2.27. The summed E-state index contributed by atoms with van der Waals surface area (Å²) in [7, 11) is 3.01. The van der Waals surface area contributed by atoms with Crippen LogP contribution < -0.4 is 15.2 Å². The number of aromatic nitrogens is 4. The number of methoxy groups -OCH3 is 2. The van der Waals surface area contributed by atoms with Gasteiger partial charge in [-0.3, -0.25) is 4.98 Å². The number of hydrogen-bond donors (Lipinski definition) is 1. The Hall–Kier alpha value is -2.44. The van der Waals surface area contributed by atoms with E-state index in [0.717, 1.165) is 0 Å². The van der Waals surface area contributed by atoms with E-state index in [0.29, 0.717) is 28.8 Å². The number of hydrogen-bond acceptors (Lipinski definition) is 7. The molecule has 7 heteroatoms. The van der Waals surface area contributed by atoms with E-state index in [2.05, 4.69) is 20.2 Å². The second kappa shape index (κ2) is 4.60. The van der Waals surface area contributed by atoms with Crippen molar-refractivity contribution in [2.45, 2.75) is 0 Å². The Labute approximate surface area is 97.6 Å². The van der Waals surface area contributed by atoms with Crippen LogP contribution in [-0.4, -0.2) is 34.4 Å². The van der Waals surface area contributed by atoms with Crippen LogP contribution in [0.4, 0.5) is 5.82 Å². The predicted octanol–water partition coefficient (Wildman–Crippen LogP) is 0.533. The van der Waals surface area contributed by atoms with Gasteiger partial charge in [0.1, 0.15) is 5.82 Å². The molecule has 2 heterocycles. The smallest absolute Gasteiger partial charge is 0.243 e. The molecule has 0 unspecified atom stereocenters. The predicted molar refractivity (Wildman–Crippen MR) is 60.6 cm³/mol. The molecule has 0 aliphatic carbocycles. The molecule has 0 saturated heterocycles. The van der Waals surface area contributed by atoms with Gasteiger partial charge in [0, 0.05) is 6.07 Å². The molecule has 0 aromatic carbocycles. The molecule has 17 heavy (non-hydrogen) atoms. The first-order valence-electron chi connectivity index (χ1n) is 4.78. The Kier molecular flexibility index (Phi) is 2.99. The summed E-state index contributed by atoms with van der Waals surface area (Å²) in [5, 5.41) is 7.67. The molecule has 2 rings (SSSR count). The largest absolute Gasteiger partial charge is 0.480 e. The van der Waals surface area contributed by atoms with Crippen molar-refractivity contribution in [1.29, 1.82) is 0 Å². The van der Waals surface area contributed by atoms with E-state index < -0.39 is 0 Å². The lowest BCUT2D eigenvalue weighted by atomic mass is 10.2. The third-order valence-electron chi connectivity index (χ3n) is 2.09. The molecule has 0 fully saturated rings. The molecule has 88 valence electrons. The summed E-state index contributed by atoms with van der Waals surface area (Å²) in [6.07, 6.45) is 3.00. The zero-order chi connectivity index (χ0) is 12.3. The SMILES string of the molecule is COc1cc(-c2cnc(N)cn2)c(OC)nn1. The van der Waals surface area contributed by atoms with Crippen LogP contribution >= 0.6 is 0 Å². The van der Waals surface area contributed by atoms with E-state index in [1.54, 1.807) is 6.07 Å². The molecule has 0 aliphatic rings. The number of nitrogen functional groups attached to an aromatic ring is 1. The van der Waals surface area contributed by atoms with Crippen molar-refractivity contribution >= 4 is 5.82 Å². The molecule has 0 spiro atoms. The van der Waals surface area contributed by atoms with Crippen molar-refractivity contribution in [2.75, 3.05) is 20.0 Å². The molecule has 2 N–H and O–H groups in total. The number of nitrogens with two attached hydrogens (primary N) is 1. The number of ether oxygens (including phenoxy) is 2. The summed E-state index contributed by atoms with van der Waals surface area (Å²) in [6, 6.07) is 1.67. The van der Waals surface area contributed by atoms with Crippen LogP contribution in [0, 0.1) is 0 Å². The van der Waals surface area contributed by atoms with Crippen LogP contribution in [0.3, 0.4) is 0 Å². The van der Waals surface area contributed by atoms with Gasteiger partial charge in [-0.1, -0.05) is 0 Å². The Balaban J connectivity index is 2.51. The van der Waals surface area contributed by atoms with Crippen molar-refractivity contribution in [3.05, 3.63) is 18.5 Å². The molecule has 0 atom stereocenters. The summed E-state index contributed by atoms with van der Waals surface area (Å²) in [6.45, 7) is 0. The topological polar surface area (TPSA) is 96.0 Å². The van der Waals surface area contributed by atoms with Gasteiger partial charge in [0.2, 0.25) is 11.8 Å². The zero-order valence-corrected chi connectivity index (χ0v) is 9.41. The number of nitrogens with zero attached hydrogens (tertiary/aromatic N) is 4. The molecule has 2 aromatic heterocycles. The lowest BCUT2D eigenvalue weighted by Gasteiger charge is -2.07. The maximum atomic E-state index is 5.47. The molecule has 0 saturated carbocycles. The third kappa shape index (κ3) is 2.22. The van der Waals surface area contributed by atoms with Gasteiger partial charge in [0.25, 0.3) is 0 Å². The second-order valence-corrected chi connectivity index (χ2v) is 3.14. The quantitative estimate of drug-likeness (QED) is 0.826. The fourth-order valence-corrected chi connectivity index (χ4v) is 1.27. The molecule has 0 amide bonds.